The van der Waals surface area contributed by atoms with E-state index in [0.29, 0.717) is 6.04 Å². The maximum Gasteiger partial charge on any atom is 0.0775 e. The van der Waals surface area contributed by atoms with Gasteiger partial charge in [-0.15, -0.1) is 0 Å². The number of morpholine rings is 1. The number of rotatable bonds is 6. The molecule has 1 unspecified atom stereocenters. The first kappa shape index (κ1) is 17.1. The first-order valence-electron chi connectivity index (χ1n) is 8.50. The van der Waals surface area contributed by atoms with Gasteiger partial charge in [0.25, 0.3) is 0 Å². The number of nitrogens with one attached hydrogen (secondary N) is 1. The highest BCUT2D eigenvalue weighted by atomic mass is 32.1. The van der Waals surface area contributed by atoms with Gasteiger partial charge >= 0.3 is 0 Å². The van der Waals surface area contributed by atoms with Gasteiger partial charge < -0.3 is 10.1 Å². The van der Waals surface area contributed by atoms with E-state index in [9.17, 15) is 0 Å². The van der Waals surface area contributed by atoms with Gasteiger partial charge in [0.1, 0.15) is 0 Å². The van der Waals surface area contributed by atoms with E-state index in [2.05, 4.69) is 64.8 Å². The first-order valence-corrected chi connectivity index (χ1v) is 8.91. The molecule has 2 aromatic carbocycles. The van der Waals surface area contributed by atoms with E-state index in [1.165, 1.54) is 11.1 Å². The van der Waals surface area contributed by atoms with Gasteiger partial charge in [0.2, 0.25) is 0 Å². The third-order valence-electron chi connectivity index (χ3n) is 4.38. The molecule has 2 aromatic rings. The van der Waals surface area contributed by atoms with Crippen LogP contribution in [-0.4, -0.2) is 36.2 Å². The van der Waals surface area contributed by atoms with E-state index in [0.717, 1.165) is 44.3 Å². The predicted molar refractivity (Wildman–Crippen MR) is 102 cm³/mol. The summed E-state index contributed by atoms with van der Waals surface area (Å²) >= 11 is 5.63. The number of nitrogens with zero attached hydrogens (tertiary/aromatic N) is 1. The number of benzene rings is 2. The lowest BCUT2D eigenvalue weighted by Crippen LogP contribution is -2.40. The second kappa shape index (κ2) is 8.92. The summed E-state index contributed by atoms with van der Waals surface area (Å²) in [5.74, 6) is 0. The molecule has 1 aliphatic heterocycles. The molecular weight excluding hydrogens is 316 g/mol. The average Bonchev–Trinajstić information content (AvgIpc) is 2.67. The van der Waals surface area contributed by atoms with Gasteiger partial charge in [0.15, 0.2) is 0 Å². The number of ether oxygens (including phenoxy) is 1. The van der Waals surface area contributed by atoms with Crippen LogP contribution in [0.4, 0.5) is 0 Å². The molecule has 0 radical (unpaired) electrons. The minimum Gasteiger partial charge on any atom is -0.379 e. The van der Waals surface area contributed by atoms with Crippen molar-refractivity contribution < 1.29 is 4.74 Å². The Balaban J connectivity index is 1.63. The smallest absolute Gasteiger partial charge is 0.0775 e. The second-order valence-corrected chi connectivity index (χ2v) is 6.53. The maximum absolute atomic E-state index is 5.63. The van der Waals surface area contributed by atoms with E-state index in [4.69, 9.17) is 17.0 Å². The van der Waals surface area contributed by atoms with E-state index >= 15 is 0 Å². The molecule has 1 heterocycles. The van der Waals surface area contributed by atoms with Gasteiger partial charge in [0, 0.05) is 32.1 Å². The van der Waals surface area contributed by atoms with Crippen molar-refractivity contribution >= 4 is 17.2 Å². The second-order valence-electron chi connectivity index (χ2n) is 6.04. The molecule has 4 heteroatoms. The van der Waals surface area contributed by atoms with Crippen molar-refractivity contribution in [2.24, 2.45) is 0 Å². The Hall–Kier alpha value is -1.75. The van der Waals surface area contributed by atoms with Crippen LogP contribution in [0.15, 0.2) is 60.7 Å². The van der Waals surface area contributed by atoms with Crippen LogP contribution in [0.5, 0.6) is 0 Å². The largest absolute Gasteiger partial charge is 0.379 e. The van der Waals surface area contributed by atoms with Crippen LogP contribution in [0.1, 0.15) is 23.6 Å². The Morgan fingerprint density at radius 3 is 2.29 bits per heavy atom. The zero-order valence-corrected chi connectivity index (χ0v) is 14.7. The fourth-order valence-corrected chi connectivity index (χ4v) is 3.30. The van der Waals surface area contributed by atoms with Gasteiger partial charge in [-0.25, -0.2) is 0 Å². The zero-order chi connectivity index (χ0) is 16.6. The van der Waals surface area contributed by atoms with Crippen LogP contribution in [0.2, 0.25) is 0 Å². The lowest BCUT2D eigenvalue weighted by atomic mass is 10.0. The molecule has 3 rings (SSSR count). The molecule has 3 nitrogen and oxygen atoms in total. The maximum atomic E-state index is 5.63. The molecule has 1 aliphatic rings. The van der Waals surface area contributed by atoms with Gasteiger partial charge in [-0.3, -0.25) is 4.90 Å². The summed E-state index contributed by atoms with van der Waals surface area (Å²) in [6.45, 7) is 4.30. The highest BCUT2D eigenvalue weighted by Crippen LogP contribution is 2.25. The molecule has 0 spiro atoms. The van der Waals surface area contributed by atoms with Gasteiger partial charge in [0.05, 0.1) is 18.2 Å². The fraction of sp³-hybridized carbons (Fsp3) is 0.350. The van der Waals surface area contributed by atoms with Gasteiger partial charge in [-0.1, -0.05) is 72.9 Å². The van der Waals surface area contributed by atoms with E-state index in [1.54, 1.807) is 0 Å². The van der Waals surface area contributed by atoms with Crippen LogP contribution in [0, 0.1) is 0 Å². The third-order valence-corrected chi connectivity index (χ3v) is 4.69. The van der Waals surface area contributed by atoms with Crippen LogP contribution < -0.4 is 5.32 Å². The van der Waals surface area contributed by atoms with Crippen LogP contribution in [0.25, 0.3) is 0 Å². The lowest BCUT2D eigenvalue weighted by molar-refractivity contribution is 0.0174. The number of hydrogen-bond acceptors (Lipinski definition) is 3. The molecule has 0 aromatic heterocycles. The van der Waals surface area contributed by atoms with Gasteiger partial charge in [-0.05, 0) is 11.1 Å². The summed E-state index contributed by atoms with van der Waals surface area (Å²) in [5.41, 5.74) is 2.57. The molecular formula is C20H24N2OS. The first-order chi connectivity index (χ1) is 11.8. The molecule has 0 bridgehead atoms. The Bertz CT molecular complexity index is 627. The Kier molecular flexibility index (Phi) is 6.35. The summed E-state index contributed by atoms with van der Waals surface area (Å²) in [6, 6.07) is 21.3. The predicted octanol–water partition coefficient (Wildman–Crippen LogP) is 3.57. The quantitative estimate of drug-likeness (QED) is 0.813. The van der Waals surface area contributed by atoms with Crippen LogP contribution >= 0.6 is 12.2 Å². The van der Waals surface area contributed by atoms with E-state index < -0.39 is 0 Å². The molecule has 24 heavy (non-hydrogen) atoms. The topological polar surface area (TPSA) is 24.5 Å². The zero-order valence-electron chi connectivity index (χ0n) is 13.9. The highest BCUT2D eigenvalue weighted by Gasteiger charge is 2.23. The normalized spacial score (nSPS) is 16.5. The summed E-state index contributed by atoms with van der Waals surface area (Å²) in [7, 11) is 0. The van der Waals surface area contributed by atoms with Gasteiger partial charge in [-0.2, -0.15) is 0 Å². The fourth-order valence-electron chi connectivity index (χ4n) is 3.07. The lowest BCUT2D eigenvalue weighted by Gasteiger charge is -2.35. The summed E-state index contributed by atoms with van der Waals surface area (Å²) in [5, 5.41) is 3.41. The minimum atomic E-state index is 0.311. The van der Waals surface area contributed by atoms with Crippen molar-refractivity contribution in [2.45, 2.75) is 19.0 Å². The SMILES string of the molecule is S=C(CC(c1ccccc1)N1CCOCC1)NCc1ccccc1. The Morgan fingerprint density at radius 2 is 1.62 bits per heavy atom. The third kappa shape index (κ3) is 4.87. The van der Waals surface area contributed by atoms with Crippen molar-refractivity contribution in [3.8, 4) is 0 Å². The minimum absolute atomic E-state index is 0.311. The van der Waals surface area contributed by atoms with Crippen molar-refractivity contribution in [3.63, 3.8) is 0 Å². The highest BCUT2D eigenvalue weighted by molar-refractivity contribution is 7.80. The van der Waals surface area contributed by atoms with E-state index in [-0.39, 0.29) is 0 Å². The Morgan fingerprint density at radius 1 is 1.00 bits per heavy atom. The van der Waals surface area contributed by atoms with Crippen molar-refractivity contribution in [2.75, 3.05) is 26.3 Å². The molecule has 1 N–H and O–H groups in total. The van der Waals surface area contributed by atoms with Crippen molar-refractivity contribution in [1.29, 1.82) is 0 Å². The number of thiocarbonyl (C=S) groups is 1. The molecule has 1 atom stereocenters. The molecule has 0 amide bonds. The van der Waals surface area contributed by atoms with Crippen molar-refractivity contribution in [1.82, 2.24) is 10.2 Å². The monoisotopic (exact) mass is 340 g/mol. The van der Waals surface area contributed by atoms with Crippen LogP contribution in [0.3, 0.4) is 0 Å². The molecule has 0 aliphatic carbocycles. The van der Waals surface area contributed by atoms with Crippen LogP contribution in [-0.2, 0) is 11.3 Å². The number of hydrogen-bond donors (Lipinski definition) is 1. The van der Waals surface area contributed by atoms with E-state index in [1.807, 2.05) is 6.07 Å². The standard InChI is InChI=1S/C20H24N2OS/c24-20(21-16-17-7-3-1-4-8-17)15-19(18-9-5-2-6-10-18)22-11-13-23-14-12-22/h1-10,19H,11-16H2,(H,21,24). The summed E-state index contributed by atoms with van der Waals surface area (Å²) in [4.78, 5) is 3.40. The summed E-state index contributed by atoms with van der Waals surface area (Å²) in [6.07, 6.45) is 0.839. The summed E-state index contributed by atoms with van der Waals surface area (Å²) < 4.78 is 5.51. The Labute approximate surface area is 149 Å². The average molecular weight is 340 g/mol. The molecule has 1 saturated heterocycles. The van der Waals surface area contributed by atoms with Crippen molar-refractivity contribution in [3.05, 3.63) is 71.8 Å². The molecule has 126 valence electrons. The molecule has 1 fully saturated rings. The molecule has 0 saturated carbocycles.